The van der Waals surface area contributed by atoms with Crippen molar-refractivity contribution in [1.29, 1.82) is 0 Å². The second kappa shape index (κ2) is 5.31. The Kier molecular flexibility index (Phi) is 3.18. The summed E-state index contributed by atoms with van der Waals surface area (Å²) in [6.45, 7) is 1.07. The number of allylic oxidation sites excluding steroid dienone is 2. The highest BCUT2D eigenvalue weighted by atomic mass is 16.5. The fraction of sp³-hybridized carbons (Fsp3) is 0.438. The number of fused-ring (bicyclic) bond motifs is 2. The zero-order valence-corrected chi connectivity index (χ0v) is 11.9. The van der Waals surface area contributed by atoms with Crippen molar-refractivity contribution in [3.05, 3.63) is 48.2 Å². The van der Waals surface area contributed by atoms with E-state index in [2.05, 4.69) is 15.4 Å². The third-order valence-electron chi connectivity index (χ3n) is 4.60. The number of nitrogens with zero attached hydrogens (tertiary/aromatic N) is 2. The highest BCUT2D eigenvalue weighted by molar-refractivity contribution is 5.72. The van der Waals surface area contributed by atoms with Gasteiger partial charge in [0.1, 0.15) is 25.0 Å². The zero-order valence-electron chi connectivity index (χ0n) is 11.9. The molecule has 2 atom stereocenters. The largest absolute Gasteiger partial charge is 0.468 e. The van der Waals surface area contributed by atoms with Crippen LogP contribution in [0.15, 0.2) is 53.3 Å². The molecule has 110 valence electrons. The van der Waals surface area contributed by atoms with Gasteiger partial charge in [0, 0.05) is 30.6 Å². The summed E-state index contributed by atoms with van der Waals surface area (Å²) < 4.78 is 10.7. The Balaban J connectivity index is 1.79. The first-order valence-corrected chi connectivity index (χ1v) is 7.55. The predicted molar refractivity (Wildman–Crippen MR) is 79.3 cm³/mol. The Hall–Kier alpha value is -2.17. The van der Waals surface area contributed by atoms with E-state index in [0.717, 1.165) is 18.7 Å². The Labute approximate surface area is 124 Å². The summed E-state index contributed by atoms with van der Waals surface area (Å²) in [6, 6.07) is 0. The minimum absolute atomic E-state index is 0.213. The summed E-state index contributed by atoms with van der Waals surface area (Å²) in [7, 11) is 0. The number of hydrogen-bond acceptors (Lipinski definition) is 5. The van der Waals surface area contributed by atoms with Gasteiger partial charge in [-0.1, -0.05) is 0 Å². The molecule has 4 rings (SSSR count). The van der Waals surface area contributed by atoms with Crippen molar-refractivity contribution >= 4 is 6.21 Å². The van der Waals surface area contributed by atoms with E-state index in [1.807, 2.05) is 12.4 Å². The van der Waals surface area contributed by atoms with Gasteiger partial charge in [0.05, 0.1) is 11.6 Å². The highest BCUT2D eigenvalue weighted by Crippen LogP contribution is 2.43. The molecule has 0 bridgehead atoms. The number of nitrogens with one attached hydrogen (secondary N) is 1. The number of rotatable bonds is 0. The molecule has 4 aliphatic rings. The van der Waals surface area contributed by atoms with Gasteiger partial charge in [-0.25, -0.2) is 0 Å². The molecule has 0 spiro atoms. The molecule has 21 heavy (non-hydrogen) atoms. The van der Waals surface area contributed by atoms with Crippen LogP contribution in [-0.4, -0.2) is 17.7 Å². The molecule has 1 aliphatic carbocycles. The molecule has 3 heterocycles. The van der Waals surface area contributed by atoms with E-state index in [9.17, 15) is 0 Å². The van der Waals surface area contributed by atoms with Crippen LogP contribution in [0.2, 0.25) is 0 Å². The van der Waals surface area contributed by atoms with Gasteiger partial charge in [-0.05, 0) is 31.3 Å². The third kappa shape index (κ3) is 2.22. The molecule has 0 aromatic carbocycles. The first-order chi connectivity index (χ1) is 10.4. The summed E-state index contributed by atoms with van der Waals surface area (Å²) in [4.78, 5) is 2.35. The summed E-state index contributed by atoms with van der Waals surface area (Å²) >= 11 is 0. The maximum absolute atomic E-state index is 5.39. The summed E-state index contributed by atoms with van der Waals surface area (Å²) in [5.41, 5.74) is 7.00. The van der Waals surface area contributed by atoms with Crippen LogP contribution in [0.5, 0.6) is 0 Å². The minimum atomic E-state index is 0.213. The van der Waals surface area contributed by atoms with Crippen LogP contribution in [-0.2, 0) is 9.47 Å². The Morgan fingerprint density at radius 1 is 1.19 bits per heavy atom. The normalized spacial score (nSPS) is 30.5. The monoisotopic (exact) mass is 285 g/mol. The number of hydrazone groups is 1. The van der Waals surface area contributed by atoms with E-state index < -0.39 is 0 Å². The van der Waals surface area contributed by atoms with E-state index in [1.165, 1.54) is 43.1 Å². The van der Waals surface area contributed by atoms with Crippen LogP contribution >= 0.6 is 0 Å². The average molecular weight is 285 g/mol. The topological polar surface area (TPSA) is 46.1 Å². The molecule has 0 aromatic heterocycles. The number of ether oxygens (including phenoxy) is 2. The lowest BCUT2D eigenvalue weighted by Gasteiger charge is -2.30. The third-order valence-corrected chi connectivity index (χ3v) is 4.60. The van der Waals surface area contributed by atoms with E-state index in [-0.39, 0.29) is 5.92 Å². The van der Waals surface area contributed by atoms with Crippen molar-refractivity contribution in [2.45, 2.75) is 25.7 Å². The number of hydrogen-bond donors (Lipinski definition) is 1. The molecule has 3 aliphatic heterocycles. The molecule has 2 unspecified atom stereocenters. The molecular weight excluding hydrogens is 266 g/mol. The fourth-order valence-electron chi connectivity index (χ4n) is 3.70. The van der Waals surface area contributed by atoms with Gasteiger partial charge in [0.15, 0.2) is 0 Å². The average Bonchev–Trinajstić information content (AvgIpc) is 3.11. The van der Waals surface area contributed by atoms with Gasteiger partial charge in [-0.3, -0.25) is 5.43 Å². The standard InChI is InChI=1S/C16H19N3O2/c1-2-12-4-5-19-6-7-20-8-9-21-11-15-14(10-17-18-15)13(3-1)16(12)19/h6-12,14,18H,1-5H2. The molecule has 1 N–H and O–H groups in total. The van der Waals surface area contributed by atoms with E-state index in [0.29, 0.717) is 5.92 Å². The lowest BCUT2D eigenvalue weighted by Crippen LogP contribution is -2.23. The minimum Gasteiger partial charge on any atom is -0.468 e. The quantitative estimate of drug-likeness (QED) is 0.743. The lowest BCUT2D eigenvalue weighted by molar-refractivity contribution is 0.331. The van der Waals surface area contributed by atoms with Crippen molar-refractivity contribution in [2.75, 3.05) is 6.54 Å². The second-order valence-electron chi connectivity index (χ2n) is 5.75. The maximum atomic E-state index is 5.39. The van der Waals surface area contributed by atoms with E-state index in [4.69, 9.17) is 9.47 Å². The van der Waals surface area contributed by atoms with Crippen molar-refractivity contribution in [3.63, 3.8) is 0 Å². The predicted octanol–water partition coefficient (Wildman–Crippen LogP) is 2.78. The van der Waals surface area contributed by atoms with Crippen LogP contribution in [0, 0.1) is 11.8 Å². The summed E-state index contributed by atoms with van der Waals surface area (Å²) in [5.74, 6) is 0.888. The molecular formula is C16H19N3O2. The molecule has 5 heteroatoms. The van der Waals surface area contributed by atoms with Crippen LogP contribution in [0.1, 0.15) is 25.7 Å². The van der Waals surface area contributed by atoms with Gasteiger partial charge in [-0.2, -0.15) is 5.10 Å². The molecule has 5 nitrogen and oxygen atoms in total. The highest BCUT2D eigenvalue weighted by Gasteiger charge is 2.36. The van der Waals surface area contributed by atoms with Gasteiger partial charge in [0.25, 0.3) is 0 Å². The summed E-state index contributed by atoms with van der Waals surface area (Å²) in [6.07, 6.45) is 15.4. The SMILES string of the molecule is C1=COC=C2NN=CC2C2=C3C(CCC2)CCN3C=CO1. The first-order valence-electron chi connectivity index (χ1n) is 7.55. The maximum Gasteiger partial charge on any atom is 0.125 e. The van der Waals surface area contributed by atoms with E-state index >= 15 is 0 Å². The first kappa shape index (κ1) is 12.6. The van der Waals surface area contributed by atoms with Gasteiger partial charge in [-0.15, -0.1) is 0 Å². The summed E-state index contributed by atoms with van der Waals surface area (Å²) in [5, 5.41) is 4.23. The lowest BCUT2D eigenvalue weighted by atomic mass is 9.81. The molecule has 1 saturated heterocycles. The Morgan fingerprint density at radius 3 is 3.14 bits per heavy atom. The van der Waals surface area contributed by atoms with Crippen LogP contribution in [0.25, 0.3) is 0 Å². The van der Waals surface area contributed by atoms with Crippen LogP contribution in [0.4, 0.5) is 0 Å². The van der Waals surface area contributed by atoms with Crippen LogP contribution in [0.3, 0.4) is 0 Å². The Morgan fingerprint density at radius 2 is 2.14 bits per heavy atom. The van der Waals surface area contributed by atoms with Gasteiger partial charge < -0.3 is 14.4 Å². The molecule has 0 saturated carbocycles. The van der Waals surface area contributed by atoms with Crippen molar-refractivity contribution in [3.8, 4) is 0 Å². The van der Waals surface area contributed by atoms with Gasteiger partial charge >= 0.3 is 0 Å². The molecule has 0 aromatic rings. The zero-order chi connectivity index (χ0) is 14.1. The van der Waals surface area contributed by atoms with E-state index in [1.54, 1.807) is 12.5 Å². The van der Waals surface area contributed by atoms with Crippen molar-refractivity contribution in [2.24, 2.45) is 16.9 Å². The van der Waals surface area contributed by atoms with Gasteiger partial charge in [0.2, 0.25) is 0 Å². The van der Waals surface area contributed by atoms with Crippen LogP contribution < -0.4 is 5.43 Å². The Bertz CT molecular complexity index is 574. The smallest absolute Gasteiger partial charge is 0.125 e. The molecule has 1 fully saturated rings. The second-order valence-corrected chi connectivity index (χ2v) is 5.75. The molecule has 0 amide bonds. The van der Waals surface area contributed by atoms with Crippen molar-refractivity contribution < 1.29 is 9.47 Å². The fourth-order valence-corrected chi connectivity index (χ4v) is 3.70. The van der Waals surface area contributed by atoms with Crippen molar-refractivity contribution in [1.82, 2.24) is 10.3 Å². The molecule has 0 radical (unpaired) electrons.